The lowest BCUT2D eigenvalue weighted by Crippen LogP contribution is -2.20. The first-order valence-corrected chi connectivity index (χ1v) is 11.7. The maximum atomic E-state index is 12.4. The highest BCUT2D eigenvalue weighted by Crippen LogP contribution is 2.23. The van der Waals surface area contributed by atoms with Gasteiger partial charge in [-0.2, -0.15) is 0 Å². The Morgan fingerprint density at radius 1 is 1.09 bits per heavy atom. The molecule has 0 spiro atoms. The predicted octanol–water partition coefficient (Wildman–Crippen LogP) is 5.34. The summed E-state index contributed by atoms with van der Waals surface area (Å²) < 4.78 is 7.19. The molecule has 0 aliphatic rings. The largest absolute Gasteiger partial charge is 0.452 e. The Morgan fingerprint density at radius 3 is 2.62 bits per heavy atom. The number of rotatable bonds is 8. The molecule has 1 amide bonds. The molecule has 34 heavy (non-hydrogen) atoms. The Labute approximate surface area is 202 Å². The van der Waals surface area contributed by atoms with Crippen LogP contribution >= 0.6 is 11.3 Å². The lowest BCUT2D eigenvalue weighted by Gasteiger charge is -2.11. The van der Waals surface area contributed by atoms with Crippen molar-refractivity contribution in [3.63, 3.8) is 0 Å². The van der Waals surface area contributed by atoms with Crippen LogP contribution in [0.2, 0.25) is 0 Å². The molecule has 2 aromatic carbocycles. The molecule has 0 fully saturated rings. The van der Waals surface area contributed by atoms with E-state index in [4.69, 9.17) is 4.74 Å². The molecule has 0 aliphatic carbocycles. The normalized spacial score (nSPS) is 11.0. The number of carbonyl (C=O) groups is 2. The number of hydrogen-bond acceptors (Lipinski definition) is 5. The summed E-state index contributed by atoms with van der Waals surface area (Å²) in [5.74, 6) is -0.962. The van der Waals surface area contributed by atoms with Crippen LogP contribution in [0.25, 0.3) is 11.2 Å². The Hall–Kier alpha value is -3.97. The van der Waals surface area contributed by atoms with Gasteiger partial charge in [0.15, 0.2) is 11.7 Å². The van der Waals surface area contributed by atoms with E-state index >= 15 is 0 Å². The molecule has 0 aliphatic heterocycles. The number of ether oxygens (including phenoxy) is 1. The van der Waals surface area contributed by atoms with Gasteiger partial charge in [0.1, 0.15) is 0 Å². The van der Waals surface area contributed by atoms with Gasteiger partial charge in [0.25, 0.3) is 5.91 Å². The quantitative estimate of drug-likeness (QED) is 0.278. The number of carbonyl (C=O) groups excluding carboxylic acids is 2. The third kappa shape index (κ3) is 5.68. The summed E-state index contributed by atoms with van der Waals surface area (Å²) in [6.07, 6.45) is 5.49. The molecule has 172 valence electrons. The fourth-order valence-corrected chi connectivity index (χ4v) is 4.47. The molecule has 0 bridgehead atoms. The Bertz CT molecular complexity index is 1310. The highest BCUT2D eigenvalue weighted by atomic mass is 32.1. The van der Waals surface area contributed by atoms with Gasteiger partial charge in [-0.1, -0.05) is 48.5 Å². The van der Waals surface area contributed by atoms with Crippen molar-refractivity contribution in [3.8, 4) is 5.13 Å². The summed E-state index contributed by atoms with van der Waals surface area (Å²) in [5, 5.41) is 5.65. The SMILES string of the molecule is Cc1cc(/C=C/C(=O)OCC(=O)Nc2ccccc2Cc2ccccc2)c(C)n1-c1nccs1. The van der Waals surface area contributed by atoms with Gasteiger partial charge in [-0.3, -0.25) is 9.36 Å². The minimum absolute atomic E-state index is 0.360. The molecule has 1 N–H and O–H groups in total. The number of para-hydroxylation sites is 1. The molecular formula is C27H25N3O3S. The van der Waals surface area contributed by atoms with Crippen molar-refractivity contribution < 1.29 is 14.3 Å². The first-order chi connectivity index (χ1) is 16.5. The molecule has 0 atom stereocenters. The average Bonchev–Trinajstić information content (AvgIpc) is 3.45. The minimum atomic E-state index is -0.577. The number of nitrogens with one attached hydrogen (secondary N) is 1. The van der Waals surface area contributed by atoms with Crippen molar-refractivity contribution in [2.75, 3.05) is 11.9 Å². The predicted molar refractivity (Wildman–Crippen MR) is 135 cm³/mol. The van der Waals surface area contributed by atoms with E-state index in [9.17, 15) is 9.59 Å². The molecule has 0 saturated heterocycles. The van der Waals surface area contributed by atoms with Crippen molar-refractivity contribution in [3.05, 3.63) is 106 Å². The van der Waals surface area contributed by atoms with Crippen LogP contribution in [0.3, 0.4) is 0 Å². The highest BCUT2D eigenvalue weighted by Gasteiger charge is 2.12. The van der Waals surface area contributed by atoms with E-state index in [1.165, 1.54) is 6.08 Å². The summed E-state index contributed by atoms with van der Waals surface area (Å²) in [7, 11) is 0. The van der Waals surface area contributed by atoms with Crippen LogP contribution in [0, 0.1) is 13.8 Å². The van der Waals surface area contributed by atoms with E-state index in [2.05, 4.69) is 10.3 Å². The second-order valence-electron chi connectivity index (χ2n) is 7.79. The molecule has 0 saturated carbocycles. The summed E-state index contributed by atoms with van der Waals surface area (Å²) in [4.78, 5) is 29.0. The molecule has 6 nitrogen and oxygen atoms in total. The average molecular weight is 472 g/mol. The van der Waals surface area contributed by atoms with Gasteiger partial charge in [-0.25, -0.2) is 9.78 Å². The summed E-state index contributed by atoms with van der Waals surface area (Å²) >= 11 is 1.55. The zero-order valence-electron chi connectivity index (χ0n) is 19.0. The number of thiazole rings is 1. The number of nitrogens with zero attached hydrogens (tertiary/aromatic N) is 2. The van der Waals surface area contributed by atoms with Gasteiger partial charge in [-0.15, -0.1) is 11.3 Å². The number of anilines is 1. The van der Waals surface area contributed by atoms with Gasteiger partial charge in [0.05, 0.1) is 0 Å². The van der Waals surface area contributed by atoms with Crippen molar-refractivity contribution >= 4 is 35.0 Å². The fraction of sp³-hybridized carbons (Fsp3) is 0.148. The fourth-order valence-electron chi connectivity index (χ4n) is 3.72. The van der Waals surface area contributed by atoms with Gasteiger partial charge < -0.3 is 10.1 Å². The van der Waals surface area contributed by atoms with Crippen LogP contribution in [0.15, 0.2) is 78.3 Å². The maximum Gasteiger partial charge on any atom is 0.331 e. The standard InChI is InChI=1S/C27H25N3O3S/c1-19-16-22(20(2)30(19)27-28-14-15-34-27)12-13-26(32)33-18-25(31)29-24-11-7-6-10-23(24)17-21-8-4-3-5-9-21/h3-16H,17-18H2,1-2H3,(H,29,31)/b13-12+. The number of hydrogen-bond donors (Lipinski definition) is 1. The molecule has 4 aromatic rings. The lowest BCUT2D eigenvalue weighted by atomic mass is 10.0. The lowest BCUT2D eigenvalue weighted by molar-refractivity contribution is -0.142. The second kappa shape index (κ2) is 10.8. The van der Waals surface area contributed by atoms with Crippen molar-refractivity contribution in [1.29, 1.82) is 0 Å². The van der Waals surface area contributed by atoms with E-state index < -0.39 is 5.97 Å². The first-order valence-electron chi connectivity index (χ1n) is 10.9. The van der Waals surface area contributed by atoms with Gasteiger partial charge >= 0.3 is 5.97 Å². The summed E-state index contributed by atoms with van der Waals surface area (Å²) in [6.45, 7) is 3.60. The molecule has 2 aromatic heterocycles. The van der Waals surface area contributed by atoms with Gasteiger partial charge in [-0.05, 0) is 55.2 Å². The number of aromatic nitrogens is 2. The van der Waals surface area contributed by atoms with E-state index in [0.29, 0.717) is 12.1 Å². The van der Waals surface area contributed by atoms with E-state index in [1.807, 2.05) is 84.5 Å². The van der Waals surface area contributed by atoms with Gasteiger partial charge in [0.2, 0.25) is 0 Å². The van der Waals surface area contributed by atoms with Crippen LogP contribution in [-0.4, -0.2) is 28.0 Å². The number of benzene rings is 2. The molecular weight excluding hydrogens is 446 g/mol. The van der Waals surface area contributed by atoms with E-state index in [0.717, 1.165) is 33.2 Å². The number of aryl methyl sites for hydroxylation is 1. The summed E-state index contributed by atoms with van der Waals surface area (Å²) in [5.41, 5.74) is 5.73. The molecule has 4 rings (SSSR count). The smallest absolute Gasteiger partial charge is 0.331 e. The number of esters is 1. The van der Waals surface area contributed by atoms with Gasteiger partial charge in [0, 0.05) is 34.7 Å². The van der Waals surface area contributed by atoms with Crippen LogP contribution in [-0.2, 0) is 20.7 Å². The van der Waals surface area contributed by atoms with Crippen LogP contribution < -0.4 is 5.32 Å². The molecule has 2 heterocycles. The third-order valence-corrected chi connectivity index (χ3v) is 6.11. The van der Waals surface area contributed by atoms with E-state index in [1.54, 1.807) is 23.6 Å². The molecule has 0 radical (unpaired) electrons. The summed E-state index contributed by atoms with van der Waals surface area (Å²) in [6, 6.07) is 19.6. The number of amides is 1. The third-order valence-electron chi connectivity index (χ3n) is 5.35. The van der Waals surface area contributed by atoms with Crippen LogP contribution in [0.1, 0.15) is 28.1 Å². The minimum Gasteiger partial charge on any atom is -0.452 e. The molecule has 7 heteroatoms. The molecule has 0 unspecified atom stereocenters. The van der Waals surface area contributed by atoms with Crippen molar-refractivity contribution in [2.24, 2.45) is 0 Å². The Balaban J connectivity index is 1.33. The first kappa shape index (κ1) is 23.2. The Morgan fingerprint density at radius 2 is 1.85 bits per heavy atom. The second-order valence-corrected chi connectivity index (χ2v) is 8.66. The Kier molecular flexibility index (Phi) is 7.34. The van der Waals surface area contributed by atoms with Crippen molar-refractivity contribution in [1.82, 2.24) is 9.55 Å². The topological polar surface area (TPSA) is 73.2 Å². The zero-order chi connectivity index (χ0) is 23.9. The maximum absolute atomic E-state index is 12.4. The zero-order valence-corrected chi connectivity index (χ0v) is 19.8. The van der Waals surface area contributed by atoms with Crippen LogP contribution in [0.4, 0.5) is 5.69 Å². The van der Waals surface area contributed by atoms with E-state index in [-0.39, 0.29) is 12.5 Å². The van der Waals surface area contributed by atoms with Crippen LogP contribution in [0.5, 0.6) is 0 Å². The highest BCUT2D eigenvalue weighted by molar-refractivity contribution is 7.12. The monoisotopic (exact) mass is 471 g/mol. The van der Waals surface area contributed by atoms with Crippen molar-refractivity contribution in [2.45, 2.75) is 20.3 Å².